The summed E-state index contributed by atoms with van der Waals surface area (Å²) in [5.74, 6) is 2.17. The third-order valence-electron chi connectivity index (χ3n) is 3.90. The van der Waals surface area contributed by atoms with Crippen molar-refractivity contribution >= 4 is 21.7 Å². The van der Waals surface area contributed by atoms with Crippen molar-refractivity contribution in [2.24, 2.45) is 5.92 Å². The number of nitrogens with zero attached hydrogens (tertiary/aromatic N) is 3. The van der Waals surface area contributed by atoms with Crippen molar-refractivity contribution in [2.75, 3.05) is 37.6 Å². The van der Waals surface area contributed by atoms with Gasteiger partial charge in [0.15, 0.2) is 0 Å². The minimum absolute atomic E-state index is 0.887. The topological polar surface area (TPSA) is 19.4 Å². The molecule has 2 heterocycles. The van der Waals surface area contributed by atoms with Crippen LogP contribution in [-0.2, 0) is 5.33 Å². The Morgan fingerprint density at radius 3 is 2.67 bits per heavy atom. The van der Waals surface area contributed by atoms with Gasteiger partial charge in [-0.1, -0.05) is 22.0 Å². The molecule has 0 N–H and O–H groups in total. The minimum Gasteiger partial charge on any atom is -0.354 e. The number of anilines is 1. The van der Waals surface area contributed by atoms with Crippen molar-refractivity contribution in [1.82, 2.24) is 9.88 Å². The van der Waals surface area contributed by atoms with Crippen LogP contribution in [0.4, 0.5) is 5.82 Å². The molecule has 3 rings (SSSR count). The van der Waals surface area contributed by atoms with E-state index in [0.717, 1.165) is 24.3 Å². The number of aromatic nitrogens is 1. The smallest absolute Gasteiger partial charge is 0.132 e. The predicted molar refractivity (Wildman–Crippen MR) is 78.2 cm³/mol. The molecule has 0 atom stereocenters. The van der Waals surface area contributed by atoms with E-state index < -0.39 is 0 Å². The van der Waals surface area contributed by atoms with Crippen molar-refractivity contribution in [3.8, 4) is 0 Å². The van der Waals surface area contributed by atoms with Gasteiger partial charge in [0.25, 0.3) is 0 Å². The maximum absolute atomic E-state index is 4.55. The van der Waals surface area contributed by atoms with Gasteiger partial charge in [-0.3, -0.25) is 4.90 Å². The zero-order chi connectivity index (χ0) is 12.4. The van der Waals surface area contributed by atoms with Gasteiger partial charge in [-0.05, 0) is 24.8 Å². The summed E-state index contributed by atoms with van der Waals surface area (Å²) in [6.07, 6.45) is 4.81. The molecule has 18 heavy (non-hydrogen) atoms. The van der Waals surface area contributed by atoms with Gasteiger partial charge in [0.1, 0.15) is 5.82 Å². The predicted octanol–water partition coefficient (Wildman–Crippen LogP) is 2.51. The van der Waals surface area contributed by atoms with Crippen LogP contribution in [0.5, 0.6) is 0 Å². The summed E-state index contributed by atoms with van der Waals surface area (Å²) in [4.78, 5) is 9.60. The Balaban J connectivity index is 1.60. The lowest BCUT2D eigenvalue weighted by molar-refractivity contribution is 0.247. The lowest BCUT2D eigenvalue weighted by Gasteiger charge is -2.36. The second-order valence-electron chi connectivity index (χ2n) is 5.35. The largest absolute Gasteiger partial charge is 0.354 e. The van der Waals surface area contributed by atoms with Crippen LogP contribution < -0.4 is 4.90 Å². The third-order valence-corrected chi connectivity index (χ3v) is 4.50. The maximum Gasteiger partial charge on any atom is 0.132 e. The SMILES string of the molecule is BrCc1cccnc1N1CCN(CC2CC2)CC1. The highest BCUT2D eigenvalue weighted by Gasteiger charge is 2.26. The summed E-state index contributed by atoms with van der Waals surface area (Å²) in [6, 6.07) is 4.18. The van der Waals surface area contributed by atoms with Crippen molar-refractivity contribution in [3.63, 3.8) is 0 Å². The zero-order valence-electron chi connectivity index (χ0n) is 10.7. The molecule has 1 saturated carbocycles. The number of pyridine rings is 1. The maximum atomic E-state index is 4.55. The molecule has 3 nitrogen and oxygen atoms in total. The van der Waals surface area contributed by atoms with Gasteiger partial charge in [0.2, 0.25) is 0 Å². The Hall–Kier alpha value is -0.610. The average molecular weight is 310 g/mol. The highest BCUT2D eigenvalue weighted by Crippen LogP contribution is 2.30. The summed E-state index contributed by atoms with van der Waals surface area (Å²) < 4.78 is 0. The van der Waals surface area contributed by atoms with E-state index in [1.54, 1.807) is 0 Å². The highest BCUT2D eigenvalue weighted by atomic mass is 79.9. The first-order chi connectivity index (χ1) is 8.86. The molecule has 2 aliphatic rings. The molecule has 0 spiro atoms. The lowest BCUT2D eigenvalue weighted by Crippen LogP contribution is -2.47. The third kappa shape index (κ3) is 2.86. The van der Waals surface area contributed by atoms with E-state index in [2.05, 4.69) is 36.8 Å². The first-order valence-corrected chi connectivity index (χ1v) is 7.96. The van der Waals surface area contributed by atoms with E-state index in [9.17, 15) is 0 Å². The number of alkyl halides is 1. The summed E-state index contributed by atoms with van der Waals surface area (Å²) in [5, 5.41) is 0.887. The average Bonchev–Trinajstić information content (AvgIpc) is 3.24. The summed E-state index contributed by atoms with van der Waals surface area (Å²) in [7, 11) is 0. The van der Waals surface area contributed by atoms with Gasteiger partial charge in [0.05, 0.1) is 0 Å². The molecule has 0 unspecified atom stereocenters. The van der Waals surface area contributed by atoms with Crippen molar-refractivity contribution in [3.05, 3.63) is 23.9 Å². The molecular formula is C14H20BrN3. The molecule has 98 valence electrons. The molecular weight excluding hydrogens is 290 g/mol. The highest BCUT2D eigenvalue weighted by molar-refractivity contribution is 9.08. The van der Waals surface area contributed by atoms with Gasteiger partial charge in [-0.2, -0.15) is 0 Å². The van der Waals surface area contributed by atoms with Gasteiger partial charge in [-0.25, -0.2) is 4.98 Å². The van der Waals surface area contributed by atoms with E-state index in [4.69, 9.17) is 0 Å². The van der Waals surface area contributed by atoms with Crippen LogP contribution in [0.15, 0.2) is 18.3 Å². The monoisotopic (exact) mass is 309 g/mol. The van der Waals surface area contributed by atoms with Gasteiger partial charge < -0.3 is 4.90 Å². The molecule has 2 fully saturated rings. The number of hydrogen-bond acceptors (Lipinski definition) is 3. The van der Waals surface area contributed by atoms with Gasteiger partial charge in [0, 0.05) is 49.8 Å². The molecule has 0 bridgehead atoms. The van der Waals surface area contributed by atoms with E-state index in [0.29, 0.717) is 0 Å². The molecule has 1 aromatic heterocycles. The second-order valence-corrected chi connectivity index (χ2v) is 5.91. The normalized spacial score (nSPS) is 21.3. The van der Waals surface area contributed by atoms with E-state index in [1.165, 1.54) is 43.9 Å². The molecule has 1 aromatic rings. The Bertz CT molecular complexity index is 398. The van der Waals surface area contributed by atoms with Gasteiger partial charge >= 0.3 is 0 Å². The summed E-state index contributed by atoms with van der Waals surface area (Å²) in [5.41, 5.74) is 1.30. The molecule has 1 aliphatic heterocycles. The zero-order valence-corrected chi connectivity index (χ0v) is 12.3. The van der Waals surface area contributed by atoms with E-state index in [-0.39, 0.29) is 0 Å². The van der Waals surface area contributed by atoms with E-state index in [1.807, 2.05) is 12.3 Å². The Labute approximate surface area is 117 Å². The van der Waals surface area contributed by atoms with Crippen LogP contribution in [0, 0.1) is 5.92 Å². The number of piperazine rings is 1. The van der Waals surface area contributed by atoms with Crippen molar-refractivity contribution in [2.45, 2.75) is 18.2 Å². The first-order valence-electron chi connectivity index (χ1n) is 6.84. The van der Waals surface area contributed by atoms with Crippen LogP contribution >= 0.6 is 15.9 Å². The fourth-order valence-electron chi connectivity index (χ4n) is 2.63. The van der Waals surface area contributed by atoms with Gasteiger partial charge in [-0.15, -0.1) is 0 Å². The van der Waals surface area contributed by atoms with Crippen LogP contribution in [0.1, 0.15) is 18.4 Å². The number of hydrogen-bond donors (Lipinski definition) is 0. The van der Waals surface area contributed by atoms with Crippen molar-refractivity contribution in [1.29, 1.82) is 0 Å². The Morgan fingerprint density at radius 1 is 1.22 bits per heavy atom. The first kappa shape index (κ1) is 12.4. The molecule has 4 heteroatoms. The van der Waals surface area contributed by atoms with Crippen LogP contribution in [0.3, 0.4) is 0 Å². The number of halogens is 1. The van der Waals surface area contributed by atoms with E-state index >= 15 is 0 Å². The quantitative estimate of drug-likeness (QED) is 0.797. The van der Waals surface area contributed by atoms with Crippen LogP contribution in [-0.4, -0.2) is 42.6 Å². The van der Waals surface area contributed by atoms with Crippen LogP contribution in [0.25, 0.3) is 0 Å². The number of rotatable bonds is 4. The fraction of sp³-hybridized carbons (Fsp3) is 0.643. The lowest BCUT2D eigenvalue weighted by atomic mass is 10.2. The van der Waals surface area contributed by atoms with Crippen LogP contribution in [0.2, 0.25) is 0 Å². The Morgan fingerprint density at radius 2 is 2.00 bits per heavy atom. The molecule has 1 aliphatic carbocycles. The molecule has 0 radical (unpaired) electrons. The second kappa shape index (κ2) is 5.57. The molecule has 0 amide bonds. The van der Waals surface area contributed by atoms with Crippen molar-refractivity contribution < 1.29 is 0 Å². The standard InChI is InChI=1S/C14H20BrN3/c15-10-13-2-1-5-16-14(13)18-8-6-17(7-9-18)11-12-3-4-12/h1-2,5,12H,3-4,6-11H2. The fourth-order valence-corrected chi connectivity index (χ4v) is 3.06. The Kier molecular flexibility index (Phi) is 3.85. The summed E-state index contributed by atoms with van der Waals surface area (Å²) in [6.45, 7) is 5.93. The summed E-state index contributed by atoms with van der Waals surface area (Å²) >= 11 is 3.55. The molecule has 1 saturated heterocycles. The minimum atomic E-state index is 0.887. The molecule has 0 aromatic carbocycles.